The van der Waals surface area contributed by atoms with Gasteiger partial charge < -0.3 is 58.2 Å². The van der Waals surface area contributed by atoms with E-state index in [4.69, 9.17) is 38.0 Å². The van der Waals surface area contributed by atoms with Gasteiger partial charge in [0.2, 0.25) is 0 Å². The molecule has 62 heavy (non-hydrogen) atoms. The molecule has 2 amide bonds. The third kappa shape index (κ3) is 31.4. The summed E-state index contributed by atoms with van der Waals surface area (Å²) in [6.07, 6.45) is 5.04. The van der Waals surface area contributed by atoms with Crippen molar-refractivity contribution in [1.82, 2.24) is 15.1 Å². The summed E-state index contributed by atoms with van der Waals surface area (Å²) in [5.41, 5.74) is -0.876. The van der Waals surface area contributed by atoms with Gasteiger partial charge in [-0.05, 0) is 129 Å². The molecule has 0 unspecified atom stereocenters. The molecule has 18 heteroatoms. The molecule has 0 aromatic rings. The van der Waals surface area contributed by atoms with Gasteiger partial charge in [0.1, 0.15) is 11.2 Å². The Morgan fingerprint density at radius 1 is 0.613 bits per heavy atom. The average molecular weight is 1010 g/mol. The Morgan fingerprint density at radius 2 is 0.968 bits per heavy atom. The number of carbonyl (C=O) groups is 2. The average Bonchev–Trinajstić information content (AvgIpc) is 3.15. The van der Waals surface area contributed by atoms with Crippen LogP contribution in [-0.2, 0) is 27.8 Å². The van der Waals surface area contributed by atoms with E-state index in [0.29, 0.717) is 70.0 Å². The molecular formula is C44H95BrClN3O11Si2. The van der Waals surface area contributed by atoms with Crippen molar-refractivity contribution in [3.8, 4) is 0 Å². The minimum Gasteiger partial charge on any atom is -0.444 e. The molecule has 0 bridgehead atoms. The number of nitrogens with one attached hydrogen (secondary N) is 1. The highest BCUT2D eigenvalue weighted by molar-refractivity contribution is 9.09. The number of rotatable bonds is 11. The third-order valence-electron chi connectivity index (χ3n) is 11.0. The van der Waals surface area contributed by atoms with Gasteiger partial charge in [-0.25, -0.2) is 9.59 Å². The van der Waals surface area contributed by atoms with Crippen LogP contribution in [0, 0.1) is 0 Å². The van der Waals surface area contributed by atoms with E-state index < -0.39 is 27.8 Å². The SMILES string of the molecule is CC(C)(C)OC(=O)N1CCC(O)CC1.CC(C)(C)OC(=O)N1CCC(OCCO[Si](C)(C)C(C)(C)C)CC1.CC(C)(C)[Si](C)(C)OCCBr.CO.Cl.OCCOC1CCNCC1. The lowest BCUT2D eigenvalue weighted by molar-refractivity contribution is -0.0187. The zero-order chi connectivity index (χ0) is 47.7. The molecule has 374 valence electrons. The summed E-state index contributed by atoms with van der Waals surface area (Å²) >= 11 is 3.37. The van der Waals surface area contributed by atoms with E-state index in [-0.39, 0.29) is 48.4 Å². The molecule has 0 spiro atoms. The summed E-state index contributed by atoms with van der Waals surface area (Å²) in [7, 11) is -2.15. The largest absolute Gasteiger partial charge is 0.444 e. The van der Waals surface area contributed by atoms with Gasteiger partial charge in [0, 0.05) is 45.2 Å². The minimum atomic E-state index is -1.69. The molecule has 3 aliphatic heterocycles. The van der Waals surface area contributed by atoms with Gasteiger partial charge in [0.15, 0.2) is 16.6 Å². The van der Waals surface area contributed by atoms with Gasteiger partial charge in [-0.3, -0.25) is 0 Å². The fraction of sp³-hybridized carbons (Fsp3) is 0.955. The van der Waals surface area contributed by atoms with Gasteiger partial charge in [-0.15, -0.1) is 12.4 Å². The summed E-state index contributed by atoms with van der Waals surface area (Å²) in [6.45, 7) is 41.2. The number of piperidine rings is 3. The summed E-state index contributed by atoms with van der Waals surface area (Å²) in [5.74, 6) is 0. The van der Waals surface area contributed by atoms with Crippen molar-refractivity contribution in [3.63, 3.8) is 0 Å². The highest BCUT2D eigenvalue weighted by atomic mass is 79.9. The van der Waals surface area contributed by atoms with Crippen molar-refractivity contribution in [3.05, 3.63) is 0 Å². The van der Waals surface area contributed by atoms with E-state index in [2.05, 4.69) is 89.0 Å². The zero-order valence-corrected chi connectivity index (χ0v) is 46.7. The van der Waals surface area contributed by atoms with E-state index >= 15 is 0 Å². The molecule has 3 fully saturated rings. The molecule has 0 aromatic heterocycles. The van der Waals surface area contributed by atoms with Crippen LogP contribution in [0.5, 0.6) is 0 Å². The van der Waals surface area contributed by atoms with E-state index in [1.165, 1.54) is 0 Å². The van der Waals surface area contributed by atoms with Gasteiger partial charge in [0.05, 0.1) is 44.7 Å². The normalized spacial score (nSPS) is 17.3. The lowest BCUT2D eigenvalue weighted by atomic mass is 10.1. The van der Waals surface area contributed by atoms with Crippen LogP contribution in [-0.4, -0.2) is 168 Å². The molecule has 0 atom stereocenters. The Hall–Kier alpha value is -0.576. The van der Waals surface area contributed by atoms with Gasteiger partial charge >= 0.3 is 12.2 Å². The Morgan fingerprint density at radius 3 is 1.32 bits per heavy atom. The van der Waals surface area contributed by atoms with Crippen LogP contribution < -0.4 is 5.32 Å². The lowest BCUT2D eigenvalue weighted by Gasteiger charge is -2.36. The van der Waals surface area contributed by atoms with Crippen LogP contribution >= 0.6 is 28.3 Å². The van der Waals surface area contributed by atoms with Crippen LogP contribution in [0.4, 0.5) is 9.59 Å². The molecule has 3 aliphatic rings. The molecule has 0 aromatic carbocycles. The summed E-state index contributed by atoms with van der Waals surface area (Å²) in [6, 6.07) is 0. The number of nitrogens with zero attached hydrogens (tertiary/aromatic N) is 2. The maximum atomic E-state index is 12.0. The molecule has 0 aliphatic carbocycles. The van der Waals surface area contributed by atoms with Crippen LogP contribution in [0.1, 0.15) is 122 Å². The van der Waals surface area contributed by atoms with Crippen LogP contribution in [0.15, 0.2) is 0 Å². The number of alkyl halides is 1. The number of amides is 2. The highest BCUT2D eigenvalue weighted by Gasteiger charge is 2.38. The number of ether oxygens (including phenoxy) is 4. The maximum Gasteiger partial charge on any atom is 0.410 e. The Labute approximate surface area is 395 Å². The minimum absolute atomic E-state index is 0. The predicted octanol–water partition coefficient (Wildman–Crippen LogP) is 8.98. The number of carbonyl (C=O) groups excluding carboxylic acids is 2. The second-order valence-electron chi connectivity index (χ2n) is 20.7. The first-order valence-corrected chi connectivity index (χ1v) is 29.4. The first kappa shape index (κ1) is 65.7. The maximum absolute atomic E-state index is 12.0. The van der Waals surface area contributed by atoms with Crippen molar-refractivity contribution in [1.29, 1.82) is 0 Å². The molecule has 4 N–H and O–H groups in total. The van der Waals surface area contributed by atoms with Crippen molar-refractivity contribution >= 4 is 57.2 Å². The van der Waals surface area contributed by atoms with Crippen molar-refractivity contribution in [2.75, 3.05) is 84.7 Å². The van der Waals surface area contributed by atoms with E-state index in [1.807, 2.05) is 41.5 Å². The number of halogens is 2. The smallest absolute Gasteiger partial charge is 0.410 e. The monoisotopic (exact) mass is 1010 g/mol. The fourth-order valence-corrected chi connectivity index (χ4v) is 7.86. The predicted molar refractivity (Wildman–Crippen MR) is 264 cm³/mol. The highest BCUT2D eigenvalue weighted by Crippen LogP contribution is 2.37. The number of hydrogen-bond acceptors (Lipinski definition) is 12. The summed E-state index contributed by atoms with van der Waals surface area (Å²) < 4.78 is 33.9. The second-order valence-corrected chi connectivity index (χ2v) is 31.1. The molecular weight excluding hydrogens is 918 g/mol. The van der Waals surface area contributed by atoms with Crippen molar-refractivity contribution < 1.29 is 52.7 Å². The zero-order valence-electron chi connectivity index (χ0n) is 42.2. The first-order valence-electron chi connectivity index (χ1n) is 22.4. The number of likely N-dealkylation sites (tertiary alicyclic amines) is 2. The Balaban J connectivity index is -0.000000784. The van der Waals surface area contributed by atoms with Gasteiger partial charge in [-0.2, -0.15) is 0 Å². The third-order valence-corrected chi connectivity index (χ3v) is 20.4. The van der Waals surface area contributed by atoms with E-state index in [0.717, 1.165) is 57.8 Å². The summed E-state index contributed by atoms with van der Waals surface area (Å²) in [5, 5.41) is 29.5. The number of aliphatic hydroxyl groups is 3. The quantitative estimate of drug-likeness (QED) is 0.0883. The van der Waals surface area contributed by atoms with Crippen LogP contribution in [0.2, 0.25) is 36.3 Å². The summed E-state index contributed by atoms with van der Waals surface area (Å²) in [4.78, 5) is 27.0. The number of aliphatic hydroxyl groups excluding tert-OH is 3. The van der Waals surface area contributed by atoms with Crippen molar-refractivity contribution in [2.24, 2.45) is 0 Å². The fourth-order valence-electron chi connectivity index (χ4n) is 5.33. The van der Waals surface area contributed by atoms with Gasteiger partial charge in [0.25, 0.3) is 0 Å². The van der Waals surface area contributed by atoms with Crippen molar-refractivity contribution in [2.45, 2.75) is 187 Å². The number of hydrogen-bond donors (Lipinski definition) is 4. The Kier molecular flexibility index (Phi) is 34.1. The molecule has 3 rings (SSSR count). The molecule has 3 heterocycles. The second kappa shape index (κ2) is 32.2. The molecule has 0 saturated carbocycles. The topological polar surface area (TPSA) is 169 Å². The van der Waals surface area contributed by atoms with Crippen LogP contribution in [0.3, 0.4) is 0 Å². The first-order chi connectivity index (χ1) is 27.9. The molecule has 14 nitrogen and oxygen atoms in total. The molecule has 3 saturated heterocycles. The van der Waals surface area contributed by atoms with Crippen LogP contribution in [0.25, 0.3) is 0 Å². The Bertz CT molecular complexity index is 1140. The van der Waals surface area contributed by atoms with Gasteiger partial charge in [-0.1, -0.05) is 57.5 Å². The van der Waals surface area contributed by atoms with E-state index in [1.54, 1.807) is 9.80 Å². The molecule has 0 radical (unpaired) electrons. The standard InChI is InChI=1S/C18H37NO4Si.C10H19NO3.C8H19BrOSi.C7H15NO2.CH4O.ClH/c1-17(2,3)23-16(20)19-11-9-15(10-12-19)21-13-14-22-24(7,8)18(4,5)6;1-10(2,3)14-9(13)11-6-4-8(12)5-7-11;1-8(2,3)11(4,5)10-7-6-9;9-5-6-10-7-1-3-8-4-2-7;1-2;/h15H,9-14H2,1-8H3;8,12H,4-7H2,1-3H3;6-7H2,1-5H3;7-9H,1-6H2;2H,1H3;1H. The lowest BCUT2D eigenvalue weighted by Crippen LogP contribution is -2.44. The van der Waals surface area contributed by atoms with E-state index in [9.17, 15) is 14.7 Å².